The number of nitrogens with zero attached hydrogens (tertiary/aromatic N) is 2. The molecule has 0 saturated carbocycles. The van der Waals surface area contributed by atoms with Crippen LogP contribution < -0.4 is 10.9 Å². The number of hydrazine groups is 1. The largest absolute Gasteiger partial charge is 0.341 e. The molecule has 3 amide bonds. The highest BCUT2D eigenvalue weighted by molar-refractivity contribution is 6.42. The minimum atomic E-state index is -0.731. The molecule has 1 aliphatic heterocycles. The number of likely N-dealkylation sites (N-methyl/N-ethyl adjacent to an activating group) is 1. The van der Waals surface area contributed by atoms with Gasteiger partial charge in [-0.2, -0.15) is 0 Å². The highest BCUT2D eigenvalue weighted by atomic mass is 35.5. The van der Waals surface area contributed by atoms with Crippen LogP contribution in [0.15, 0.2) is 78.9 Å². The van der Waals surface area contributed by atoms with Crippen LogP contribution in [0.25, 0.3) is 0 Å². The van der Waals surface area contributed by atoms with E-state index in [1.165, 1.54) is 6.92 Å². The van der Waals surface area contributed by atoms with E-state index in [0.29, 0.717) is 35.0 Å². The summed E-state index contributed by atoms with van der Waals surface area (Å²) < 4.78 is 0. The van der Waals surface area contributed by atoms with E-state index in [4.69, 9.17) is 23.2 Å². The van der Waals surface area contributed by atoms with Gasteiger partial charge in [-0.15, -0.1) is 12.4 Å². The van der Waals surface area contributed by atoms with Crippen molar-refractivity contribution in [2.45, 2.75) is 37.5 Å². The molecule has 4 rings (SSSR count). The predicted molar refractivity (Wildman–Crippen MR) is 170 cm³/mol. The standard InChI is InChI=1S/C32H36Cl2N4O3.ClH/c1-23(39)35-36-31(41)32(27-11-7-4-8-12-27)16-19-38(20-17-32)18-15-26(25-13-14-28(33)29(34)21-25)22-37(2)30(40)24-9-5-3-6-10-24;/h3-14,21,26H,15-20,22H2,1-2H3,(H,35,39)(H,36,41);1H. The fourth-order valence-electron chi connectivity index (χ4n) is 5.51. The average molecular weight is 632 g/mol. The molecule has 1 aliphatic rings. The first-order chi connectivity index (χ1) is 19.7. The molecule has 1 saturated heterocycles. The molecule has 2 N–H and O–H groups in total. The Morgan fingerprint density at radius 3 is 2.12 bits per heavy atom. The molecule has 0 radical (unpaired) electrons. The normalized spacial score (nSPS) is 15.1. The first kappa shape index (κ1) is 33.4. The van der Waals surface area contributed by atoms with E-state index < -0.39 is 5.41 Å². The third-order valence-corrected chi connectivity index (χ3v) is 8.63. The number of piperidine rings is 1. The molecule has 7 nitrogen and oxygen atoms in total. The van der Waals surface area contributed by atoms with Gasteiger partial charge in [-0.3, -0.25) is 25.2 Å². The topological polar surface area (TPSA) is 81.8 Å². The number of likely N-dealkylation sites (tertiary alicyclic amines) is 1. The van der Waals surface area contributed by atoms with Gasteiger partial charge in [0.15, 0.2) is 0 Å². The van der Waals surface area contributed by atoms with Crippen LogP contribution >= 0.6 is 35.6 Å². The SMILES string of the molecule is CC(=O)NNC(=O)C1(c2ccccc2)CCN(CCC(CN(C)C(=O)c2ccccc2)c2ccc(Cl)c(Cl)c2)CC1.Cl. The third-order valence-electron chi connectivity index (χ3n) is 7.89. The highest BCUT2D eigenvalue weighted by Crippen LogP contribution is 2.36. The number of hydrogen-bond donors (Lipinski definition) is 2. The molecule has 0 bridgehead atoms. The van der Waals surface area contributed by atoms with Crippen LogP contribution in [-0.2, 0) is 15.0 Å². The minimum absolute atomic E-state index is 0. The van der Waals surface area contributed by atoms with Gasteiger partial charge in [-0.1, -0.05) is 77.8 Å². The molecule has 1 fully saturated rings. The first-order valence-electron chi connectivity index (χ1n) is 13.8. The Labute approximate surface area is 263 Å². The second-order valence-electron chi connectivity index (χ2n) is 10.6. The third kappa shape index (κ3) is 8.26. The van der Waals surface area contributed by atoms with Crippen molar-refractivity contribution >= 4 is 53.3 Å². The summed E-state index contributed by atoms with van der Waals surface area (Å²) in [5.41, 5.74) is 6.95. The second kappa shape index (κ2) is 15.4. The van der Waals surface area contributed by atoms with E-state index in [2.05, 4.69) is 15.8 Å². The summed E-state index contributed by atoms with van der Waals surface area (Å²) in [5, 5.41) is 0.982. The molecular weight excluding hydrogens is 595 g/mol. The fourth-order valence-corrected chi connectivity index (χ4v) is 5.82. The maximum Gasteiger partial charge on any atom is 0.253 e. The van der Waals surface area contributed by atoms with Gasteiger partial charge in [0.25, 0.3) is 5.91 Å². The van der Waals surface area contributed by atoms with Crippen molar-refractivity contribution in [3.63, 3.8) is 0 Å². The Bertz CT molecular complexity index is 1350. The van der Waals surface area contributed by atoms with Crippen molar-refractivity contribution in [1.29, 1.82) is 0 Å². The van der Waals surface area contributed by atoms with Crippen molar-refractivity contribution in [1.82, 2.24) is 20.7 Å². The summed E-state index contributed by atoms with van der Waals surface area (Å²) >= 11 is 12.6. The smallest absolute Gasteiger partial charge is 0.253 e. The van der Waals surface area contributed by atoms with Crippen LogP contribution in [-0.4, -0.2) is 60.7 Å². The number of carbonyl (C=O) groups excluding carboxylic acids is 3. The molecular formula is C32H37Cl3N4O3. The summed E-state index contributed by atoms with van der Waals surface area (Å²) in [6.07, 6.45) is 2.03. The maximum atomic E-state index is 13.3. The summed E-state index contributed by atoms with van der Waals surface area (Å²) in [5.74, 6) is -0.519. The lowest BCUT2D eigenvalue weighted by atomic mass is 9.72. The van der Waals surface area contributed by atoms with Gasteiger partial charge in [0.1, 0.15) is 0 Å². The molecule has 42 heavy (non-hydrogen) atoms. The highest BCUT2D eigenvalue weighted by Gasteiger charge is 2.43. The van der Waals surface area contributed by atoms with Gasteiger partial charge in [-0.05, 0) is 74.3 Å². The monoisotopic (exact) mass is 630 g/mol. The summed E-state index contributed by atoms with van der Waals surface area (Å²) in [4.78, 5) is 42.0. The molecule has 0 aliphatic carbocycles. The van der Waals surface area contributed by atoms with Gasteiger partial charge in [0, 0.05) is 32.0 Å². The van der Waals surface area contributed by atoms with Crippen LogP contribution in [0.3, 0.4) is 0 Å². The Hall–Kier alpha value is -3.10. The number of amides is 3. The molecule has 0 spiro atoms. The van der Waals surface area contributed by atoms with Crippen molar-refractivity contribution in [3.05, 3.63) is 106 Å². The number of halogens is 3. The molecule has 1 unspecified atom stereocenters. The second-order valence-corrected chi connectivity index (χ2v) is 11.5. The average Bonchev–Trinajstić information content (AvgIpc) is 3.00. The van der Waals surface area contributed by atoms with Gasteiger partial charge in [0.05, 0.1) is 15.5 Å². The zero-order valence-electron chi connectivity index (χ0n) is 23.8. The zero-order chi connectivity index (χ0) is 29.4. The molecule has 224 valence electrons. The van der Waals surface area contributed by atoms with Gasteiger partial charge in [-0.25, -0.2) is 0 Å². The lowest BCUT2D eigenvalue weighted by Gasteiger charge is -2.41. The van der Waals surface area contributed by atoms with E-state index in [1.807, 2.05) is 79.8 Å². The van der Waals surface area contributed by atoms with E-state index in [1.54, 1.807) is 11.0 Å². The lowest BCUT2D eigenvalue weighted by Crippen LogP contribution is -2.55. The Morgan fingerprint density at radius 2 is 1.52 bits per heavy atom. The predicted octanol–water partition coefficient (Wildman–Crippen LogP) is 5.86. The summed E-state index contributed by atoms with van der Waals surface area (Å²) in [6, 6.07) is 24.7. The van der Waals surface area contributed by atoms with Crippen molar-refractivity contribution in [3.8, 4) is 0 Å². The minimum Gasteiger partial charge on any atom is -0.341 e. The maximum absolute atomic E-state index is 13.3. The van der Waals surface area contributed by atoms with Gasteiger partial charge in [0.2, 0.25) is 11.8 Å². The van der Waals surface area contributed by atoms with Gasteiger partial charge >= 0.3 is 0 Å². The molecule has 1 heterocycles. The molecule has 3 aromatic carbocycles. The van der Waals surface area contributed by atoms with E-state index in [-0.39, 0.29) is 36.0 Å². The molecule has 0 aromatic heterocycles. The van der Waals surface area contributed by atoms with E-state index >= 15 is 0 Å². The van der Waals surface area contributed by atoms with E-state index in [0.717, 1.165) is 37.2 Å². The molecule has 10 heteroatoms. The van der Waals surface area contributed by atoms with Crippen LogP contribution in [0, 0.1) is 0 Å². The number of carbonyl (C=O) groups is 3. The van der Waals surface area contributed by atoms with Crippen molar-refractivity contribution in [2.75, 3.05) is 33.2 Å². The Balaban J connectivity index is 0.00000484. The Morgan fingerprint density at radius 1 is 0.905 bits per heavy atom. The number of benzene rings is 3. The van der Waals surface area contributed by atoms with Crippen LogP contribution in [0.5, 0.6) is 0 Å². The van der Waals surface area contributed by atoms with Crippen molar-refractivity contribution < 1.29 is 14.4 Å². The number of hydrogen-bond acceptors (Lipinski definition) is 4. The van der Waals surface area contributed by atoms with Crippen LogP contribution in [0.1, 0.15) is 53.6 Å². The molecule has 1 atom stereocenters. The van der Waals surface area contributed by atoms with E-state index in [9.17, 15) is 14.4 Å². The molecule has 3 aromatic rings. The number of rotatable bonds is 9. The number of nitrogens with one attached hydrogen (secondary N) is 2. The first-order valence-corrected chi connectivity index (χ1v) is 14.6. The van der Waals surface area contributed by atoms with Gasteiger partial charge < -0.3 is 9.80 Å². The van der Waals surface area contributed by atoms with Crippen LogP contribution in [0.2, 0.25) is 10.0 Å². The Kier molecular flexibility index (Phi) is 12.2. The van der Waals surface area contributed by atoms with Crippen molar-refractivity contribution in [2.24, 2.45) is 0 Å². The van der Waals surface area contributed by atoms with Crippen LogP contribution in [0.4, 0.5) is 0 Å². The lowest BCUT2D eigenvalue weighted by molar-refractivity contribution is -0.133. The zero-order valence-corrected chi connectivity index (χ0v) is 26.1. The summed E-state index contributed by atoms with van der Waals surface area (Å²) in [6.45, 7) is 4.11. The summed E-state index contributed by atoms with van der Waals surface area (Å²) in [7, 11) is 1.82. The quantitative estimate of drug-likeness (QED) is 0.290. The fraction of sp³-hybridized carbons (Fsp3) is 0.344.